The third-order valence-electron chi connectivity index (χ3n) is 3.23. The van der Waals surface area contributed by atoms with Gasteiger partial charge < -0.3 is 0 Å². The van der Waals surface area contributed by atoms with Crippen molar-refractivity contribution in [3.63, 3.8) is 0 Å². The number of halogens is 1. The van der Waals surface area contributed by atoms with Gasteiger partial charge in [0.05, 0.1) is 23.1 Å². The highest BCUT2D eigenvalue weighted by Crippen LogP contribution is 2.30. The molecule has 0 aliphatic rings. The Bertz CT molecular complexity index is 801. The first-order valence-corrected chi connectivity index (χ1v) is 6.49. The average Bonchev–Trinajstić information content (AvgIpc) is 3.01. The van der Waals surface area contributed by atoms with Crippen LogP contribution in [-0.4, -0.2) is 19.7 Å². The molecule has 1 aromatic heterocycles. The van der Waals surface area contributed by atoms with Gasteiger partial charge in [-0.05, 0) is 23.3 Å². The number of rotatable bonds is 4. The van der Waals surface area contributed by atoms with Crippen molar-refractivity contribution in [3.8, 4) is 11.1 Å². The van der Waals surface area contributed by atoms with Gasteiger partial charge in [-0.2, -0.15) is 5.10 Å². The minimum Gasteiger partial charge on any atom is -0.258 e. The zero-order valence-corrected chi connectivity index (χ0v) is 11.4. The largest absolute Gasteiger partial charge is 0.280 e. The molecule has 1 heterocycles. The summed E-state index contributed by atoms with van der Waals surface area (Å²) in [7, 11) is 0. The molecular weight excluding hydrogens is 287 g/mol. The maximum atomic E-state index is 13.2. The lowest BCUT2D eigenvalue weighted by atomic mass is 10.0. The number of nitrogens with zero attached hydrogens (tertiary/aromatic N) is 4. The van der Waals surface area contributed by atoms with Crippen LogP contribution in [0.4, 0.5) is 10.1 Å². The van der Waals surface area contributed by atoms with Crippen LogP contribution in [0, 0.1) is 15.9 Å². The quantitative estimate of drug-likeness (QED) is 0.548. The summed E-state index contributed by atoms with van der Waals surface area (Å²) in [6, 6.07) is 10.8. The zero-order chi connectivity index (χ0) is 15.5. The molecule has 0 bridgehead atoms. The van der Waals surface area contributed by atoms with Gasteiger partial charge in [0.15, 0.2) is 0 Å². The first-order chi connectivity index (χ1) is 10.6. The molecule has 0 aliphatic heterocycles. The fraction of sp³-hybridized carbons (Fsp3) is 0.0667. The Kier molecular flexibility index (Phi) is 3.61. The Morgan fingerprint density at radius 2 is 1.95 bits per heavy atom. The van der Waals surface area contributed by atoms with Gasteiger partial charge in [0.2, 0.25) is 0 Å². The maximum Gasteiger partial charge on any atom is 0.280 e. The molecule has 0 spiro atoms. The van der Waals surface area contributed by atoms with E-state index in [2.05, 4.69) is 10.1 Å². The lowest BCUT2D eigenvalue weighted by Crippen LogP contribution is -1.99. The second-order valence-electron chi connectivity index (χ2n) is 4.71. The van der Waals surface area contributed by atoms with E-state index in [0.717, 1.165) is 11.6 Å². The fourth-order valence-electron chi connectivity index (χ4n) is 2.19. The minimum absolute atomic E-state index is 0.246. The van der Waals surface area contributed by atoms with Crippen molar-refractivity contribution >= 4 is 5.69 Å². The normalized spacial score (nSPS) is 10.6. The Balaban J connectivity index is 1.91. The highest BCUT2D eigenvalue weighted by molar-refractivity contribution is 5.73. The van der Waals surface area contributed by atoms with Gasteiger partial charge in [-0.3, -0.25) is 10.1 Å². The second kappa shape index (κ2) is 5.72. The number of hydrogen-bond acceptors (Lipinski definition) is 4. The second-order valence-corrected chi connectivity index (χ2v) is 4.71. The van der Waals surface area contributed by atoms with Crippen LogP contribution in [0.1, 0.15) is 5.56 Å². The molecule has 110 valence electrons. The molecule has 0 saturated heterocycles. The van der Waals surface area contributed by atoms with Gasteiger partial charge in [0, 0.05) is 0 Å². The Hall–Kier alpha value is -3.09. The van der Waals surface area contributed by atoms with Crippen LogP contribution in [0.3, 0.4) is 0 Å². The SMILES string of the molecule is O=[N+]([O-])c1cc(F)ccc1-c1ccc(Cn2cncn2)cc1. The van der Waals surface area contributed by atoms with Crippen LogP contribution in [0.5, 0.6) is 0 Å². The maximum absolute atomic E-state index is 13.2. The van der Waals surface area contributed by atoms with E-state index in [1.807, 2.05) is 12.1 Å². The summed E-state index contributed by atoms with van der Waals surface area (Å²) in [5, 5.41) is 15.1. The van der Waals surface area contributed by atoms with E-state index in [1.54, 1.807) is 23.1 Å². The molecule has 6 nitrogen and oxygen atoms in total. The van der Waals surface area contributed by atoms with Crippen molar-refractivity contribution in [1.29, 1.82) is 0 Å². The van der Waals surface area contributed by atoms with Crippen molar-refractivity contribution in [1.82, 2.24) is 14.8 Å². The van der Waals surface area contributed by atoms with Crippen molar-refractivity contribution in [2.24, 2.45) is 0 Å². The Labute approximate surface area is 125 Å². The summed E-state index contributed by atoms with van der Waals surface area (Å²) >= 11 is 0. The molecule has 0 N–H and O–H groups in total. The van der Waals surface area contributed by atoms with E-state index < -0.39 is 10.7 Å². The standard InChI is InChI=1S/C15H11FN4O2/c16-13-5-6-14(15(7-13)20(21)22)12-3-1-11(2-4-12)8-19-10-17-9-18-19/h1-7,9-10H,8H2. The van der Waals surface area contributed by atoms with E-state index in [-0.39, 0.29) is 5.69 Å². The van der Waals surface area contributed by atoms with E-state index in [9.17, 15) is 14.5 Å². The molecule has 3 aromatic rings. The molecule has 2 aromatic carbocycles. The molecular formula is C15H11FN4O2. The van der Waals surface area contributed by atoms with Gasteiger partial charge in [0.25, 0.3) is 5.69 Å². The van der Waals surface area contributed by atoms with Crippen LogP contribution in [0.15, 0.2) is 55.1 Å². The molecule has 0 saturated carbocycles. The summed E-state index contributed by atoms with van der Waals surface area (Å²) in [5.74, 6) is -0.627. The minimum atomic E-state index is -0.627. The van der Waals surface area contributed by atoms with Gasteiger partial charge in [-0.1, -0.05) is 24.3 Å². The Morgan fingerprint density at radius 1 is 1.18 bits per heavy atom. The van der Waals surface area contributed by atoms with Crippen molar-refractivity contribution in [3.05, 3.63) is 76.6 Å². The topological polar surface area (TPSA) is 73.8 Å². The molecule has 7 heteroatoms. The number of nitro groups is 1. The average molecular weight is 298 g/mol. The van der Waals surface area contributed by atoms with Gasteiger partial charge in [-0.25, -0.2) is 14.1 Å². The third kappa shape index (κ3) is 2.83. The van der Waals surface area contributed by atoms with Crippen molar-refractivity contribution < 1.29 is 9.31 Å². The van der Waals surface area contributed by atoms with Crippen LogP contribution >= 0.6 is 0 Å². The fourth-order valence-corrected chi connectivity index (χ4v) is 2.19. The highest BCUT2D eigenvalue weighted by atomic mass is 19.1. The number of aromatic nitrogens is 3. The predicted molar refractivity (Wildman–Crippen MR) is 77.6 cm³/mol. The van der Waals surface area contributed by atoms with Crippen LogP contribution < -0.4 is 0 Å². The van der Waals surface area contributed by atoms with Crippen LogP contribution in [0.2, 0.25) is 0 Å². The molecule has 0 unspecified atom stereocenters. The van der Waals surface area contributed by atoms with E-state index in [0.29, 0.717) is 17.7 Å². The zero-order valence-electron chi connectivity index (χ0n) is 11.4. The summed E-state index contributed by atoms with van der Waals surface area (Å²) in [5.41, 5.74) is 1.79. The monoisotopic (exact) mass is 298 g/mol. The smallest absolute Gasteiger partial charge is 0.258 e. The first-order valence-electron chi connectivity index (χ1n) is 6.49. The van der Waals surface area contributed by atoms with Crippen LogP contribution in [0.25, 0.3) is 11.1 Å². The van der Waals surface area contributed by atoms with Gasteiger partial charge >= 0.3 is 0 Å². The molecule has 0 aliphatic carbocycles. The van der Waals surface area contributed by atoms with Gasteiger partial charge in [-0.15, -0.1) is 0 Å². The number of benzene rings is 2. The van der Waals surface area contributed by atoms with Crippen LogP contribution in [-0.2, 0) is 6.54 Å². The van der Waals surface area contributed by atoms with E-state index in [1.165, 1.54) is 18.5 Å². The molecule has 0 fully saturated rings. The first kappa shape index (κ1) is 13.9. The Morgan fingerprint density at radius 3 is 2.59 bits per heavy atom. The molecule has 3 rings (SSSR count). The number of nitro benzene ring substituents is 1. The molecule has 0 atom stereocenters. The molecule has 0 amide bonds. The van der Waals surface area contributed by atoms with Gasteiger partial charge in [0.1, 0.15) is 18.5 Å². The summed E-state index contributed by atoms with van der Waals surface area (Å²) in [6.45, 7) is 0.561. The third-order valence-corrected chi connectivity index (χ3v) is 3.23. The van der Waals surface area contributed by atoms with E-state index in [4.69, 9.17) is 0 Å². The molecule has 0 radical (unpaired) electrons. The van der Waals surface area contributed by atoms with Crippen molar-refractivity contribution in [2.45, 2.75) is 6.54 Å². The summed E-state index contributed by atoms with van der Waals surface area (Å²) in [4.78, 5) is 14.3. The summed E-state index contributed by atoms with van der Waals surface area (Å²) in [6.07, 6.45) is 3.06. The van der Waals surface area contributed by atoms with E-state index >= 15 is 0 Å². The lowest BCUT2D eigenvalue weighted by molar-refractivity contribution is -0.384. The lowest BCUT2D eigenvalue weighted by Gasteiger charge is -2.06. The number of hydrogen-bond donors (Lipinski definition) is 0. The predicted octanol–water partition coefficient (Wildman–Crippen LogP) is 3.04. The highest BCUT2D eigenvalue weighted by Gasteiger charge is 2.16. The molecule has 22 heavy (non-hydrogen) atoms. The summed E-state index contributed by atoms with van der Waals surface area (Å²) < 4.78 is 14.9. The van der Waals surface area contributed by atoms with Crippen molar-refractivity contribution in [2.75, 3.05) is 0 Å².